The minimum absolute atomic E-state index is 0.0917. The molecule has 0 radical (unpaired) electrons. The number of allylic oxidation sites excluding steroid dienone is 3. The molecular formula is C21H24BrNO4. The number of carbonyl (C=O) groups excluding carboxylic acids is 2. The van der Waals surface area contributed by atoms with E-state index in [-0.39, 0.29) is 11.8 Å². The van der Waals surface area contributed by atoms with E-state index in [1.54, 1.807) is 7.11 Å². The average molecular weight is 434 g/mol. The molecule has 0 unspecified atom stereocenters. The lowest BCUT2D eigenvalue weighted by atomic mass is 9.75. The summed E-state index contributed by atoms with van der Waals surface area (Å²) in [5.74, 6) is -0.00835. The minimum Gasteiger partial charge on any atom is -0.496 e. The maximum atomic E-state index is 12.8. The molecule has 0 saturated carbocycles. The molecule has 6 heteroatoms. The molecule has 27 heavy (non-hydrogen) atoms. The van der Waals surface area contributed by atoms with Gasteiger partial charge in [-0.3, -0.25) is 4.79 Å². The van der Waals surface area contributed by atoms with E-state index in [0.29, 0.717) is 29.9 Å². The number of halogens is 1. The van der Waals surface area contributed by atoms with Gasteiger partial charge in [-0.25, -0.2) is 4.79 Å². The highest BCUT2D eigenvalue weighted by molar-refractivity contribution is 9.10. The fraction of sp³-hybridized carbons (Fsp3) is 0.429. The van der Waals surface area contributed by atoms with Crippen LogP contribution in [0.5, 0.6) is 5.75 Å². The summed E-state index contributed by atoms with van der Waals surface area (Å²) in [6.45, 7) is 4.18. The number of nitrogens with one attached hydrogen (secondary N) is 1. The SMILES string of the molecule is CCCOC(=O)C1=C(C)NC2=C(C(=O)CCC2)[C@H]1c1ccc(OC)c(Br)c1. The number of carbonyl (C=O) groups is 2. The van der Waals surface area contributed by atoms with E-state index >= 15 is 0 Å². The first-order chi connectivity index (χ1) is 13.0. The zero-order valence-electron chi connectivity index (χ0n) is 15.9. The van der Waals surface area contributed by atoms with Crippen molar-refractivity contribution in [3.05, 3.63) is 50.8 Å². The van der Waals surface area contributed by atoms with E-state index in [9.17, 15) is 9.59 Å². The van der Waals surface area contributed by atoms with Gasteiger partial charge >= 0.3 is 5.97 Å². The standard InChI is InChI=1S/C21H24BrNO4/c1-4-10-27-21(25)18-12(2)23-15-6-5-7-16(24)20(15)19(18)13-8-9-17(26-3)14(22)11-13/h8-9,11,19,23H,4-7,10H2,1-3H3/t19-/m0/s1. The molecule has 1 aromatic rings. The Labute approximate surface area is 167 Å². The molecule has 0 aromatic heterocycles. The molecule has 0 amide bonds. The van der Waals surface area contributed by atoms with E-state index in [4.69, 9.17) is 9.47 Å². The van der Waals surface area contributed by atoms with E-state index in [1.165, 1.54) is 0 Å². The van der Waals surface area contributed by atoms with Crippen LogP contribution >= 0.6 is 15.9 Å². The molecule has 2 aliphatic rings. The molecular weight excluding hydrogens is 410 g/mol. The molecule has 0 saturated heterocycles. The van der Waals surface area contributed by atoms with Crippen LogP contribution in [-0.2, 0) is 14.3 Å². The van der Waals surface area contributed by atoms with Crippen molar-refractivity contribution >= 4 is 27.7 Å². The summed E-state index contributed by atoms with van der Waals surface area (Å²) in [6.07, 6.45) is 2.89. The Kier molecular flexibility index (Phi) is 6.05. The molecule has 0 spiro atoms. The van der Waals surface area contributed by atoms with Gasteiger partial charge in [0.25, 0.3) is 0 Å². The van der Waals surface area contributed by atoms with Gasteiger partial charge in [0.15, 0.2) is 5.78 Å². The number of benzene rings is 1. The quantitative estimate of drug-likeness (QED) is 0.697. The van der Waals surface area contributed by atoms with Crippen molar-refractivity contribution in [1.29, 1.82) is 0 Å². The summed E-state index contributed by atoms with van der Waals surface area (Å²) >= 11 is 3.52. The van der Waals surface area contributed by atoms with Crippen LogP contribution in [0, 0.1) is 0 Å². The third-order valence-corrected chi connectivity index (χ3v) is 5.56. The lowest BCUT2D eigenvalue weighted by Gasteiger charge is -2.34. The van der Waals surface area contributed by atoms with Crippen LogP contribution in [0.1, 0.15) is 51.0 Å². The van der Waals surface area contributed by atoms with Gasteiger partial charge < -0.3 is 14.8 Å². The Morgan fingerprint density at radius 3 is 2.78 bits per heavy atom. The van der Waals surface area contributed by atoms with Gasteiger partial charge in [-0.2, -0.15) is 0 Å². The Hall–Kier alpha value is -2.08. The summed E-state index contributed by atoms with van der Waals surface area (Å²) in [5, 5.41) is 3.29. The highest BCUT2D eigenvalue weighted by Crippen LogP contribution is 2.43. The fourth-order valence-corrected chi connectivity index (χ4v) is 4.28. The predicted molar refractivity (Wildman–Crippen MR) is 106 cm³/mol. The van der Waals surface area contributed by atoms with Crippen LogP contribution in [0.4, 0.5) is 0 Å². The third-order valence-electron chi connectivity index (χ3n) is 4.94. The first kappa shape index (κ1) is 19.7. The van der Waals surface area contributed by atoms with Gasteiger partial charge in [0.1, 0.15) is 5.75 Å². The summed E-state index contributed by atoms with van der Waals surface area (Å²) in [6, 6.07) is 5.67. The molecule has 144 valence electrons. The molecule has 5 nitrogen and oxygen atoms in total. The molecule has 1 aromatic carbocycles. The van der Waals surface area contributed by atoms with Crippen molar-refractivity contribution in [2.45, 2.75) is 45.4 Å². The van der Waals surface area contributed by atoms with E-state index < -0.39 is 5.92 Å². The van der Waals surface area contributed by atoms with Gasteiger partial charge in [-0.05, 0) is 59.8 Å². The van der Waals surface area contributed by atoms with Crippen LogP contribution in [0.3, 0.4) is 0 Å². The lowest BCUT2D eigenvalue weighted by molar-refractivity contribution is -0.139. The van der Waals surface area contributed by atoms with Crippen molar-refractivity contribution in [3.63, 3.8) is 0 Å². The normalized spacial score (nSPS) is 19.6. The fourth-order valence-electron chi connectivity index (χ4n) is 3.72. The van der Waals surface area contributed by atoms with Gasteiger partial charge in [0, 0.05) is 29.3 Å². The minimum atomic E-state index is -0.430. The summed E-state index contributed by atoms with van der Waals surface area (Å²) in [4.78, 5) is 25.7. The van der Waals surface area contributed by atoms with Gasteiger partial charge in [0.05, 0.1) is 23.8 Å². The predicted octanol–water partition coefficient (Wildman–Crippen LogP) is 4.38. The molecule has 1 atom stereocenters. The maximum Gasteiger partial charge on any atom is 0.336 e. The Morgan fingerprint density at radius 1 is 1.33 bits per heavy atom. The van der Waals surface area contributed by atoms with Gasteiger partial charge in [-0.1, -0.05) is 13.0 Å². The van der Waals surface area contributed by atoms with Crippen LogP contribution in [0.15, 0.2) is 45.2 Å². The van der Waals surface area contributed by atoms with Gasteiger partial charge in [0.2, 0.25) is 0 Å². The maximum absolute atomic E-state index is 12.8. The number of ether oxygens (including phenoxy) is 2. The smallest absolute Gasteiger partial charge is 0.336 e. The highest BCUT2D eigenvalue weighted by atomic mass is 79.9. The Bertz CT molecular complexity index is 841. The van der Waals surface area contributed by atoms with E-state index in [0.717, 1.165) is 40.7 Å². The zero-order chi connectivity index (χ0) is 19.6. The number of esters is 1. The third kappa shape index (κ3) is 3.81. The van der Waals surface area contributed by atoms with Gasteiger partial charge in [-0.15, -0.1) is 0 Å². The molecule has 3 rings (SSSR count). The lowest BCUT2D eigenvalue weighted by Crippen LogP contribution is -2.34. The van der Waals surface area contributed by atoms with Crippen LogP contribution in [0.25, 0.3) is 0 Å². The second-order valence-electron chi connectivity index (χ2n) is 6.80. The summed E-state index contributed by atoms with van der Waals surface area (Å²) in [7, 11) is 1.60. The molecule has 0 bridgehead atoms. The highest BCUT2D eigenvalue weighted by Gasteiger charge is 2.39. The first-order valence-electron chi connectivity index (χ1n) is 9.22. The second-order valence-corrected chi connectivity index (χ2v) is 7.65. The van der Waals surface area contributed by atoms with Crippen molar-refractivity contribution in [1.82, 2.24) is 5.32 Å². The molecule has 1 heterocycles. The Morgan fingerprint density at radius 2 is 2.11 bits per heavy atom. The first-order valence-corrected chi connectivity index (χ1v) is 10.0. The number of Topliss-reactive ketones (excluding diaryl/α,β-unsaturated/α-hetero) is 1. The zero-order valence-corrected chi connectivity index (χ0v) is 17.4. The number of hydrogen-bond donors (Lipinski definition) is 1. The number of rotatable bonds is 5. The number of dihydropyridines is 1. The largest absolute Gasteiger partial charge is 0.496 e. The van der Waals surface area contributed by atoms with Crippen molar-refractivity contribution < 1.29 is 19.1 Å². The topological polar surface area (TPSA) is 64.6 Å². The number of hydrogen-bond acceptors (Lipinski definition) is 5. The van der Waals surface area contributed by atoms with E-state index in [1.807, 2.05) is 32.0 Å². The second kappa shape index (κ2) is 8.30. The number of ketones is 1. The van der Waals surface area contributed by atoms with Crippen LogP contribution < -0.4 is 10.1 Å². The van der Waals surface area contributed by atoms with Crippen LogP contribution in [-0.4, -0.2) is 25.5 Å². The average Bonchev–Trinajstić information content (AvgIpc) is 2.65. The molecule has 1 N–H and O–H groups in total. The molecule has 1 aliphatic carbocycles. The van der Waals surface area contributed by atoms with Crippen molar-refractivity contribution in [2.75, 3.05) is 13.7 Å². The Balaban J connectivity index is 2.13. The molecule has 0 fully saturated rings. The van der Waals surface area contributed by atoms with Crippen LogP contribution in [0.2, 0.25) is 0 Å². The number of methoxy groups -OCH3 is 1. The van der Waals surface area contributed by atoms with Crippen molar-refractivity contribution in [3.8, 4) is 5.75 Å². The summed E-state index contributed by atoms with van der Waals surface area (Å²) < 4.78 is 11.5. The molecule has 1 aliphatic heterocycles. The monoisotopic (exact) mass is 433 g/mol. The van der Waals surface area contributed by atoms with E-state index in [2.05, 4.69) is 21.2 Å². The summed E-state index contributed by atoms with van der Waals surface area (Å²) in [5.41, 5.74) is 3.74. The van der Waals surface area contributed by atoms with Crippen molar-refractivity contribution in [2.24, 2.45) is 0 Å².